The average Bonchev–Trinajstić information content (AvgIpc) is 2.45. The van der Waals surface area contributed by atoms with E-state index in [0.29, 0.717) is 22.9 Å². The van der Waals surface area contributed by atoms with Crippen LogP contribution in [0.3, 0.4) is 0 Å². The summed E-state index contributed by atoms with van der Waals surface area (Å²) >= 11 is 5.86. The molecule has 1 aromatic carbocycles. The molecule has 0 saturated carbocycles. The van der Waals surface area contributed by atoms with E-state index in [9.17, 15) is 14.4 Å². The molecule has 0 aliphatic rings. The number of urea groups is 1. The SMILES string of the molecule is CCNC(=O)NC(=O)COC(=O)Cc1cc(Cl)ccc1OC. The summed E-state index contributed by atoms with van der Waals surface area (Å²) in [4.78, 5) is 34.2. The summed E-state index contributed by atoms with van der Waals surface area (Å²) in [6.07, 6.45) is -0.0990. The minimum absolute atomic E-state index is 0.0990. The van der Waals surface area contributed by atoms with Crippen LogP contribution in [0, 0.1) is 0 Å². The van der Waals surface area contributed by atoms with Crippen molar-refractivity contribution in [3.05, 3.63) is 28.8 Å². The molecular weight excluding hydrogens is 312 g/mol. The van der Waals surface area contributed by atoms with Gasteiger partial charge in [0.1, 0.15) is 5.75 Å². The Balaban J connectivity index is 2.48. The van der Waals surface area contributed by atoms with Crippen molar-refractivity contribution >= 4 is 29.5 Å². The van der Waals surface area contributed by atoms with E-state index in [1.165, 1.54) is 7.11 Å². The lowest BCUT2D eigenvalue weighted by Crippen LogP contribution is -2.41. The van der Waals surface area contributed by atoms with Crippen LogP contribution in [0.2, 0.25) is 5.02 Å². The summed E-state index contributed by atoms with van der Waals surface area (Å²) in [6.45, 7) is 1.55. The number of rotatable bonds is 6. The van der Waals surface area contributed by atoms with E-state index in [2.05, 4.69) is 5.32 Å². The minimum atomic E-state index is -0.711. The number of amides is 3. The fourth-order valence-electron chi connectivity index (χ4n) is 1.61. The van der Waals surface area contributed by atoms with E-state index in [1.54, 1.807) is 25.1 Å². The van der Waals surface area contributed by atoms with Crippen LogP contribution in [0.4, 0.5) is 4.79 Å². The molecule has 0 aliphatic heterocycles. The van der Waals surface area contributed by atoms with Crippen LogP contribution in [0.5, 0.6) is 5.75 Å². The van der Waals surface area contributed by atoms with Gasteiger partial charge in [-0.05, 0) is 25.1 Å². The number of benzene rings is 1. The Labute approximate surface area is 132 Å². The van der Waals surface area contributed by atoms with E-state index in [-0.39, 0.29) is 6.42 Å². The fourth-order valence-corrected chi connectivity index (χ4v) is 1.80. The van der Waals surface area contributed by atoms with Crippen LogP contribution in [-0.2, 0) is 20.7 Å². The lowest BCUT2D eigenvalue weighted by Gasteiger charge is -2.09. The molecule has 1 aromatic rings. The molecule has 0 aromatic heterocycles. The number of esters is 1. The summed E-state index contributed by atoms with van der Waals surface area (Å²) < 4.78 is 9.90. The Bertz CT molecular complexity index is 562. The van der Waals surface area contributed by atoms with Crippen molar-refractivity contribution in [1.82, 2.24) is 10.6 Å². The second-order valence-electron chi connectivity index (χ2n) is 4.20. The summed E-state index contributed by atoms with van der Waals surface area (Å²) in [5, 5.41) is 4.86. The Kier molecular flexibility index (Phi) is 7.18. The smallest absolute Gasteiger partial charge is 0.321 e. The van der Waals surface area contributed by atoms with E-state index in [4.69, 9.17) is 21.1 Å². The number of carbonyl (C=O) groups excluding carboxylic acids is 3. The quantitative estimate of drug-likeness (QED) is 0.767. The number of nitrogens with one attached hydrogen (secondary N) is 2. The molecule has 0 heterocycles. The third-order valence-corrected chi connectivity index (χ3v) is 2.77. The van der Waals surface area contributed by atoms with Gasteiger partial charge in [-0.3, -0.25) is 14.9 Å². The highest BCUT2D eigenvalue weighted by Crippen LogP contribution is 2.23. The molecule has 22 heavy (non-hydrogen) atoms. The maximum atomic E-state index is 11.7. The average molecular weight is 329 g/mol. The first-order valence-electron chi connectivity index (χ1n) is 6.52. The third kappa shape index (κ3) is 6.01. The van der Waals surface area contributed by atoms with Crippen LogP contribution < -0.4 is 15.4 Å². The van der Waals surface area contributed by atoms with Gasteiger partial charge >= 0.3 is 12.0 Å². The lowest BCUT2D eigenvalue weighted by molar-refractivity contribution is -0.147. The number of halogens is 1. The van der Waals surface area contributed by atoms with Gasteiger partial charge in [0.05, 0.1) is 13.5 Å². The number of methoxy groups -OCH3 is 1. The normalized spacial score (nSPS) is 9.77. The third-order valence-electron chi connectivity index (χ3n) is 2.53. The molecule has 7 nitrogen and oxygen atoms in total. The van der Waals surface area contributed by atoms with E-state index in [1.807, 2.05) is 5.32 Å². The first-order valence-corrected chi connectivity index (χ1v) is 6.89. The molecule has 0 atom stereocenters. The van der Waals surface area contributed by atoms with Gasteiger partial charge in [0.25, 0.3) is 5.91 Å². The van der Waals surface area contributed by atoms with Gasteiger partial charge in [-0.15, -0.1) is 0 Å². The number of carbonyl (C=O) groups is 3. The summed E-state index contributed by atoms with van der Waals surface area (Å²) in [6, 6.07) is 4.21. The zero-order chi connectivity index (χ0) is 16.5. The Morgan fingerprint density at radius 2 is 2.00 bits per heavy atom. The van der Waals surface area contributed by atoms with Crippen molar-refractivity contribution in [2.75, 3.05) is 20.3 Å². The zero-order valence-corrected chi connectivity index (χ0v) is 13.0. The van der Waals surface area contributed by atoms with E-state index in [0.717, 1.165) is 0 Å². The Morgan fingerprint density at radius 1 is 1.27 bits per heavy atom. The van der Waals surface area contributed by atoms with Gasteiger partial charge in [0.15, 0.2) is 6.61 Å². The highest BCUT2D eigenvalue weighted by molar-refractivity contribution is 6.30. The topological polar surface area (TPSA) is 93.7 Å². The molecule has 3 amide bonds. The number of hydrogen-bond donors (Lipinski definition) is 2. The maximum absolute atomic E-state index is 11.7. The first-order chi connectivity index (χ1) is 10.5. The maximum Gasteiger partial charge on any atom is 0.321 e. The second kappa shape index (κ2) is 8.89. The molecule has 120 valence electrons. The lowest BCUT2D eigenvalue weighted by atomic mass is 10.1. The highest BCUT2D eigenvalue weighted by atomic mass is 35.5. The van der Waals surface area contributed by atoms with Crippen molar-refractivity contribution in [2.45, 2.75) is 13.3 Å². The van der Waals surface area contributed by atoms with Crippen LogP contribution in [-0.4, -0.2) is 38.2 Å². The molecule has 0 unspecified atom stereocenters. The molecule has 0 radical (unpaired) electrons. The van der Waals surface area contributed by atoms with Crippen molar-refractivity contribution < 1.29 is 23.9 Å². The fraction of sp³-hybridized carbons (Fsp3) is 0.357. The van der Waals surface area contributed by atoms with Crippen molar-refractivity contribution in [1.29, 1.82) is 0 Å². The standard InChI is InChI=1S/C14H17ClN2O5/c1-3-16-14(20)17-12(18)8-22-13(19)7-9-6-10(15)4-5-11(9)21-2/h4-6H,3,7-8H2,1-2H3,(H2,16,17,18,20). The van der Waals surface area contributed by atoms with Gasteiger partial charge in [-0.25, -0.2) is 4.79 Å². The van der Waals surface area contributed by atoms with Gasteiger partial charge in [0.2, 0.25) is 0 Å². The van der Waals surface area contributed by atoms with Crippen LogP contribution in [0.25, 0.3) is 0 Å². The molecular formula is C14H17ClN2O5. The number of ether oxygens (including phenoxy) is 2. The van der Waals surface area contributed by atoms with Crippen LogP contribution >= 0.6 is 11.6 Å². The minimum Gasteiger partial charge on any atom is -0.496 e. The molecule has 2 N–H and O–H groups in total. The summed E-state index contributed by atoms with van der Waals surface area (Å²) in [7, 11) is 1.47. The molecule has 0 bridgehead atoms. The number of imide groups is 1. The van der Waals surface area contributed by atoms with Crippen LogP contribution in [0.15, 0.2) is 18.2 Å². The molecule has 8 heteroatoms. The van der Waals surface area contributed by atoms with Gasteiger partial charge in [0, 0.05) is 17.1 Å². The largest absolute Gasteiger partial charge is 0.496 e. The van der Waals surface area contributed by atoms with Gasteiger partial charge < -0.3 is 14.8 Å². The van der Waals surface area contributed by atoms with E-state index < -0.39 is 24.5 Å². The van der Waals surface area contributed by atoms with Crippen molar-refractivity contribution in [2.24, 2.45) is 0 Å². The van der Waals surface area contributed by atoms with E-state index >= 15 is 0 Å². The molecule has 1 rings (SSSR count). The molecule has 0 fully saturated rings. The molecule has 0 aliphatic carbocycles. The first kappa shape index (κ1) is 17.8. The highest BCUT2D eigenvalue weighted by Gasteiger charge is 2.13. The van der Waals surface area contributed by atoms with Gasteiger partial charge in [-0.1, -0.05) is 11.6 Å². The predicted octanol–water partition coefficient (Wildman–Crippen LogP) is 1.28. The van der Waals surface area contributed by atoms with Crippen molar-refractivity contribution in [3.8, 4) is 5.75 Å². The summed E-state index contributed by atoms with van der Waals surface area (Å²) in [5.74, 6) is -0.850. The number of hydrogen-bond acceptors (Lipinski definition) is 5. The Morgan fingerprint density at radius 3 is 2.64 bits per heavy atom. The second-order valence-corrected chi connectivity index (χ2v) is 4.64. The Hall–Kier alpha value is -2.28. The zero-order valence-electron chi connectivity index (χ0n) is 12.3. The van der Waals surface area contributed by atoms with Crippen molar-refractivity contribution in [3.63, 3.8) is 0 Å². The van der Waals surface area contributed by atoms with Gasteiger partial charge in [-0.2, -0.15) is 0 Å². The van der Waals surface area contributed by atoms with Crippen LogP contribution in [0.1, 0.15) is 12.5 Å². The summed E-state index contributed by atoms with van der Waals surface area (Å²) in [5.41, 5.74) is 0.545. The molecule has 0 saturated heterocycles. The monoisotopic (exact) mass is 328 g/mol. The predicted molar refractivity (Wildman–Crippen MR) is 79.9 cm³/mol. The molecule has 0 spiro atoms.